The standard InChI is InChI=1S/C22H23ClN2O2/c1-15(25-16(2)26)7-8-17-9-12-22(24-14-17)27-21-11-10-19(13-20(21)23)18-5-3-4-6-18/h5,7-15H,3-4,6H2,1-2H3,(H,25,26)/b8-7+/t15-/m0/s1. The molecule has 0 saturated heterocycles. The van der Waals surface area contributed by atoms with Gasteiger partial charge in [0.25, 0.3) is 0 Å². The van der Waals surface area contributed by atoms with E-state index in [9.17, 15) is 4.79 Å². The van der Waals surface area contributed by atoms with Crippen molar-refractivity contribution in [2.75, 3.05) is 0 Å². The number of rotatable bonds is 6. The van der Waals surface area contributed by atoms with Gasteiger partial charge >= 0.3 is 0 Å². The number of hydrogen-bond donors (Lipinski definition) is 1. The molecule has 1 aromatic heterocycles. The highest BCUT2D eigenvalue weighted by Crippen LogP contribution is 2.34. The van der Waals surface area contributed by atoms with Gasteiger partial charge in [-0.25, -0.2) is 4.98 Å². The molecule has 1 aliphatic rings. The first-order valence-electron chi connectivity index (χ1n) is 9.09. The van der Waals surface area contributed by atoms with Crippen LogP contribution in [-0.2, 0) is 4.79 Å². The molecule has 1 N–H and O–H groups in total. The Bertz CT molecular complexity index is 872. The normalized spacial score (nSPS) is 14.9. The third-order valence-electron chi connectivity index (χ3n) is 4.33. The number of amides is 1. The van der Waals surface area contributed by atoms with Crippen molar-refractivity contribution in [2.45, 2.75) is 39.2 Å². The lowest BCUT2D eigenvalue weighted by Crippen LogP contribution is -2.28. The number of nitrogens with one attached hydrogen (secondary N) is 1. The number of aromatic nitrogens is 1. The Morgan fingerprint density at radius 3 is 2.81 bits per heavy atom. The van der Waals surface area contributed by atoms with Crippen LogP contribution in [0.1, 0.15) is 44.2 Å². The summed E-state index contributed by atoms with van der Waals surface area (Å²) in [6.07, 6.45) is 11.3. The monoisotopic (exact) mass is 382 g/mol. The predicted octanol–water partition coefficient (Wildman–Crippen LogP) is 5.63. The summed E-state index contributed by atoms with van der Waals surface area (Å²) < 4.78 is 5.82. The van der Waals surface area contributed by atoms with Gasteiger partial charge in [0.1, 0.15) is 5.75 Å². The molecular weight excluding hydrogens is 360 g/mol. The van der Waals surface area contributed by atoms with E-state index in [1.165, 1.54) is 18.9 Å². The van der Waals surface area contributed by atoms with Crippen LogP contribution in [0.2, 0.25) is 5.02 Å². The largest absolute Gasteiger partial charge is 0.437 e. The zero-order chi connectivity index (χ0) is 19.2. The Balaban J connectivity index is 1.64. The highest BCUT2D eigenvalue weighted by molar-refractivity contribution is 6.32. The van der Waals surface area contributed by atoms with Gasteiger partial charge < -0.3 is 10.1 Å². The second-order valence-electron chi connectivity index (χ2n) is 6.65. The molecule has 0 unspecified atom stereocenters. The van der Waals surface area contributed by atoms with Crippen LogP contribution in [-0.4, -0.2) is 16.9 Å². The first-order chi connectivity index (χ1) is 13.0. The van der Waals surface area contributed by atoms with Crippen LogP contribution in [0.5, 0.6) is 11.6 Å². The van der Waals surface area contributed by atoms with Gasteiger partial charge in [0.05, 0.1) is 5.02 Å². The molecule has 0 aliphatic heterocycles. The van der Waals surface area contributed by atoms with E-state index >= 15 is 0 Å². The van der Waals surface area contributed by atoms with Crippen molar-refractivity contribution < 1.29 is 9.53 Å². The average molecular weight is 383 g/mol. The first kappa shape index (κ1) is 19.2. The summed E-state index contributed by atoms with van der Waals surface area (Å²) in [5, 5.41) is 3.38. The summed E-state index contributed by atoms with van der Waals surface area (Å²) in [4.78, 5) is 15.3. The van der Waals surface area contributed by atoms with Gasteiger partial charge in [-0.15, -0.1) is 0 Å². The van der Waals surface area contributed by atoms with Gasteiger partial charge in [-0.1, -0.05) is 35.9 Å². The maximum atomic E-state index is 11.0. The van der Waals surface area contributed by atoms with E-state index in [0.717, 1.165) is 24.0 Å². The summed E-state index contributed by atoms with van der Waals surface area (Å²) in [5.41, 5.74) is 3.44. The number of nitrogens with zero attached hydrogens (tertiary/aromatic N) is 1. The van der Waals surface area contributed by atoms with E-state index in [4.69, 9.17) is 16.3 Å². The van der Waals surface area contributed by atoms with Crippen LogP contribution in [0.4, 0.5) is 0 Å². The van der Waals surface area contributed by atoms with Crippen molar-refractivity contribution in [3.8, 4) is 11.6 Å². The van der Waals surface area contributed by atoms with Crippen molar-refractivity contribution >= 4 is 29.2 Å². The van der Waals surface area contributed by atoms with Gasteiger partial charge in [0, 0.05) is 25.2 Å². The number of benzene rings is 1. The number of ether oxygens (including phenoxy) is 1. The fraction of sp³-hybridized carbons (Fsp3) is 0.273. The molecule has 0 spiro atoms. The number of allylic oxidation sites excluding steroid dienone is 2. The number of hydrogen-bond acceptors (Lipinski definition) is 3. The SMILES string of the molecule is CC(=O)N[C@@H](C)/C=C/c1ccc(Oc2ccc(C3=CCCC3)cc2Cl)nc1. The zero-order valence-corrected chi connectivity index (χ0v) is 16.3. The van der Waals surface area contributed by atoms with Gasteiger partial charge in [-0.2, -0.15) is 0 Å². The van der Waals surface area contributed by atoms with E-state index in [-0.39, 0.29) is 11.9 Å². The zero-order valence-electron chi connectivity index (χ0n) is 15.5. The topological polar surface area (TPSA) is 51.2 Å². The van der Waals surface area contributed by atoms with E-state index in [2.05, 4.69) is 16.4 Å². The molecule has 0 radical (unpaired) electrons. The van der Waals surface area contributed by atoms with Crippen LogP contribution in [0.15, 0.2) is 48.7 Å². The summed E-state index contributed by atoms with van der Waals surface area (Å²) in [6.45, 7) is 3.41. The summed E-state index contributed by atoms with van der Waals surface area (Å²) in [5.74, 6) is 1.02. The molecule has 0 saturated carbocycles. The minimum absolute atomic E-state index is 0.0364. The molecule has 1 atom stereocenters. The molecule has 5 heteroatoms. The van der Waals surface area contributed by atoms with Crippen LogP contribution in [0, 0.1) is 0 Å². The van der Waals surface area contributed by atoms with Gasteiger partial charge in [-0.05, 0) is 61.1 Å². The highest BCUT2D eigenvalue weighted by atomic mass is 35.5. The molecule has 1 aromatic carbocycles. The molecule has 1 heterocycles. The van der Waals surface area contributed by atoms with Gasteiger partial charge in [0.2, 0.25) is 11.8 Å². The fourth-order valence-corrected chi connectivity index (χ4v) is 3.22. The quantitative estimate of drug-likeness (QED) is 0.704. The van der Waals surface area contributed by atoms with Crippen molar-refractivity contribution in [3.05, 3.63) is 64.8 Å². The number of halogens is 1. The fourth-order valence-electron chi connectivity index (χ4n) is 3.00. The lowest BCUT2D eigenvalue weighted by atomic mass is 10.1. The van der Waals surface area contributed by atoms with Crippen LogP contribution >= 0.6 is 11.6 Å². The number of carbonyl (C=O) groups is 1. The highest BCUT2D eigenvalue weighted by Gasteiger charge is 2.11. The van der Waals surface area contributed by atoms with Crippen LogP contribution in [0.3, 0.4) is 0 Å². The van der Waals surface area contributed by atoms with E-state index in [0.29, 0.717) is 16.7 Å². The number of carbonyl (C=O) groups excluding carboxylic acids is 1. The molecule has 140 valence electrons. The van der Waals surface area contributed by atoms with Crippen molar-refractivity contribution in [3.63, 3.8) is 0 Å². The smallest absolute Gasteiger partial charge is 0.219 e. The maximum Gasteiger partial charge on any atom is 0.219 e. The Morgan fingerprint density at radius 2 is 2.19 bits per heavy atom. The molecular formula is C22H23ClN2O2. The Morgan fingerprint density at radius 1 is 1.33 bits per heavy atom. The lowest BCUT2D eigenvalue weighted by molar-refractivity contribution is -0.119. The Kier molecular flexibility index (Phi) is 6.30. The molecule has 1 amide bonds. The lowest BCUT2D eigenvalue weighted by Gasteiger charge is -2.09. The number of pyridine rings is 1. The molecule has 4 nitrogen and oxygen atoms in total. The Labute approximate surface area is 164 Å². The first-order valence-corrected chi connectivity index (χ1v) is 9.47. The summed E-state index contributed by atoms with van der Waals surface area (Å²) in [7, 11) is 0. The molecule has 27 heavy (non-hydrogen) atoms. The average Bonchev–Trinajstić information content (AvgIpc) is 3.17. The minimum atomic E-state index is -0.0545. The van der Waals surface area contributed by atoms with Crippen LogP contribution in [0.25, 0.3) is 11.6 Å². The van der Waals surface area contributed by atoms with E-state index in [1.54, 1.807) is 12.3 Å². The summed E-state index contributed by atoms with van der Waals surface area (Å²) in [6, 6.07) is 9.55. The van der Waals surface area contributed by atoms with Crippen molar-refractivity contribution in [1.29, 1.82) is 0 Å². The second-order valence-corrected chi connectivity index (χ2v) is 7.05. The molecule has 0 bridgehead atoms. The second kappa shape index (κ2) is 8.87. The minimum Gasteiger partial charge on any atom is -0.437 e. The maximum absolute atomic E-state index is 11.0. The molecule has 0 fully saturated rings. The van der Waals surface area contributed by atoms with Gasteiger partial charge in [-0.3, -0.25) is 4.79 Å². The van der Waals surface area contributed by atoms with E-state index < -0.39 is 0 Å². The third-order valence-corrected chi connectivity index (χ3v) is 4.62. The van der Waals surface area contributed by atoms with Crippen molar-refractivity contribution in [1.82, 2.24) is 10.3 Å². The molecule has 3 rings (SSSR count). The Hall–Kier alpha value is -2.59. The molecule has 1 aliphatic carbocycles. The predicted molar refractivity (Wildman–Crippen MR) is 110 cm³/mol. The van der Waals surface area contributed by atoms with Gasteiger partial charge in [0.15, 0.2) is 0 Å². The summed E-state index contributed by atoms with van der Waals surface area (Å²) >= 11 is 6.39. The van der Waals surface area contributed by atoms with Crippen molar-refractivity contribution in [2.24, 2.45) is 0 Å². The third kappa shape index (κ3) is 5.44. The van der Waals surface area contributed by atoms with Crippen LogP contribution < -0.4 is 10.1 Å². The van der Waals surface area contributed by atoms with E-state index in [1.807, 2.05) is 43.3 Å². The molecule has 2 aromatic rings.